The molecule has 0 aliphatic rings. The Balaban J connectivity index is 0.000000791. The number of hydrogen-bond donors (Lipinski definition) is 0. The lowest BCUT2D eigenvalue weighted by Gasteiger charge is -2.07. The zero-order chi connectivity index (χ0) is 11.0. The van der Waals surface area contributed by atoms with E-state index in [2.05, 4.69) is 4.74 Å². The molecule has 14 heavy (non-hydrogen) atoms. The van der Waals surface area contributed by atoms with Crippen LogP contribution in [0.4, 0.5) is 8.78 Å². The van der Waals surface area contributed by atoms with Gasteiger partial charge in [0.2, 0.25) is 0 Å². The molecule has 0 unspecified atom stereocenters. The molecule has 1 rings (SSSR count). The molecule has 0 fully saturated rings. The van der Waals surface area contributed by atoms with Crippen molar-refractivity contribution in [3.8, 4) is 5.75 Å². The number of rotatable bonds is 3. The Morgan fingerprint density at radius 3 is 2.29 bits per heavy atom. The van der Waals surface area contributed by atoms with Crippen molar-refractivity contribution in [2.24, 2.45) is 0 Å². The summed E-state index contributed by atoms with van der Waals surface area (Å²) in [4.78, 5) is 0. The zero-order valence-corrected chi connectivity index (χ0v) is 8.76. The van der Waals surface area contributed by atoms with Crippen LogP contribution in [-0.2, 0) is 6.42 Å². The van der Waals surface area contributed by atoms with E-state index in [-0.39, 0.29) is 5.75 Å². The normalized spacial score (nSPS) is 9.29. The summed E-state index contributed by atoms with van der Waals surface area (Å²) in [5, 5.41) is 0. The second-order valence-corrected chi connectivity index (χ2v) is 2.34. The van der Waals surface area contributed by atoms with Gasteiger partial charge in [0.25, 0.3) is 0 Å². The highest BCUT2D eigenvalue weighted by atomic mass is 19.3. The van der Waals surface area contributed by atoms with Crippen molar-refractivity contribution >= 4 is 0 Å². The predicted octanol–water partition coefficient (Wildman–Crippen LogP) is 3.88. The molecule has 1 nitrogen and oxygen atoms in total. The molecule has 1 aromatic carbocycles. The number of halogens is 2. The van der Waals surface area contributed by atoms with Crippen LogP contribution in [0.5, 0.6) is 5.75 Å². The Labute approximate surface area is 83.7 Å². The third kappa shape index (κ3) is 4.21. The molecular weight excluding hydrogens is 186 g/mol. The lowest BCUT2D eigenvalue weighted by Crippen LogP contribution is -2.03. The van der Waals surface area contributed by atoms with Gasteiger partial charge in [0.1, 0.15) is 5.75 Å². The quantitative estimate of drug-likeness (QED) is 0.722. The maximum Gasteiger partial charge on any atom is 0.387 e. The number of aryl methyl sites for hydroxylation is 1. The van der Waals surface area contributed by atoms with Crippen LogP contribution in [-0.4, -0.2) is 6.61 Å². The molecular formula is C11H16F2O. The lowest BCUT2D eigenvalue weighted by atomic mass is 10.1. The summed E-state index contributed by atoms with van der Waals surface area (Å²) in [6.07, 6.45) is 0.697. The average molecular weight is 202 g/mol. The van der Waals surface area contributed by atoms with Crippen LogP contribution in [0.2, 0.25) is 0 Å². The maximum atomic E-state index is 11.8. The van der Waals surface area contributed by atoms with Gasteiger partial charge in [0, 0.05) is 0 Å². The Kier molecular flexibility index (Phi) is 6.72. The average Bonchev–Trinajstić information content (AvgIpc) is 2.21. The number of alkyl halides is 2. The van der Waals surface area contributed by atoms with Crippen molar-refractivity contribution in [1.82, 2.24) is 0 Å². The summed E-state index contributed by atoms with van der Waals surface area (Å²) in [7, 11) is 0. The summed E-state index contributed by atoms with van der Waals surface area (Å²) < 4.78 is 27.9. The molecule has 0 saturated heterocycles. The smallest absolute Gasteiger partial charge is 0.387 e. The summed E-state index contributed by atoms with van der Waals surface area (Å²) in [6.45, 7) is 3.16. The zero-order valence-electron chi connectivity index (χ0n) is 8.76. The molecule has 3 heteroatoms. The largest absolute Gasteiger partial charge is 0.435 e. The van der Waals surface area contributed by atoms with E-state index in [0.29, 0.717) is 6.42 Å². The minimum Gasteiger partial charge on any atom is -0.435 e. The third-order valence-corrected chi connectivity index (χ3v) is 1.57. The van der Waals surface area contributed by atoms with E-state index in [9.17, 15) is 8.78 Å². The van der Waals surface area contributed by atoms with Crippen molar-refractivity contribution in [3.63, 3.8) is 0 Å². The van der Waals surface area contributed by atoms with Crippen LogP contribution < -0.4 is 4.74 Å². The topological polar surface area (TPSA) is 9.23 Å². The summed E-state index contributed by atoms with van der Waals surface area (Å²) in [6, 6.07) is 6.80. The molecule has 0 aromatic heterocycles. The minimum absolute atomic E-state index is 0.273. The van der Waals surface area contributed by atoms with Crippen molar-refractivity contribution in [3.05, 3.63) is 29.8 Å². The first-order valence-electron chi connectivity index (χ1n) is 4.76. The first-order valence-corrected chi connectivity index (χ1v) is 4.76. The molecule has 0 N–H and O–H groups in total. The van der Waals surface area contributed by atoms with E-state index >= 15 is 0 Å². The van der Waals surface area contributed by atoms with E-state index in [1.54, 1.807) is 24.3 Å². The van der Waals surface area contributed by atoms with Gasteiger partial charge in [0.15, 0.2) is 0 Å². The summed E-state index contributed by atoms with van der Waals surface area (Å²) in [5.74, 6) is 0.273. The van der Waals surface area contributed by atoms with Crippen LogP contribution in [0.25, 0.3) is 0 Å². The van der Waals surface area contributed by atoms with E-state index in [4.69, 9.17) is 0 Å². The Morgan fingerprint density at radius 1 is 1.21 bits per heavy atom. The molecule has 0 aliphatic carbocycles. The van der Waals surface area contributed by atoms with E-state index < -0.39 is 6.61 Å². The molecule has 1 aromatic rings. The van der Waals surface area contributed by atoms with Gasteiger partial charge in [0.05, 0.1) is 0 Å². The number of hydrogen-bond acceptors (Lipinski definition) is 1. The highest BCUT2D eigenvalue weighted by molar-refractivity contribution is 5.33. The summed E-state index contributed by atoms with van der Waals surface area (Å²) in [5.41, 5.74) is 0.804. The second-order valence-electron chi connectivity index (χ2n) is 2.34. The van der Waals surface area contributed by atoms with Crippen molar-refractivity contribution in [1.29, 1.82) is 0 Å². The maximum absolute atomic E-state index is 11.8. The highest BCUT2D eigenvalue weighted by Crippen LogP contribution is 2.20. The number of ether oxygens (including phenoxy) is 1. The Bertz CT molecular complexity index is 249. The molecule has 0 saturated carbocycles. The molecule has 0 radical (unpaired) electrons. The van der Waals surface area contributed by atoms with Crippen molar-refractivity contribution in [2.45, 2.75) is 33.8 Å². The van der Waals surface area contributed by atoms with E-state index in [1.165, 1.54) is 0 Å². The van der Waals surface area contributed by atoms with Crippen LogP contribution in [0.1, 0.15) is 26.3 Å². The molecule has 0 spiro atoms. The van der Waals surface area contributed by atoms with Crippen LogP contribution in [0, 0.1) is 0 Å². The molecule has 0 bridgehead atoms. The Morgan fingerprint density at radius 2 is 1.79 bits per heavy atom. The number of benzene rings is 1. The standard InChI is InChI=1S/C9H10F2O.C2H6/c1-2-7-5-3-4-6-8(7)12-9(10)11;1-2/h3-6,9H,2H2,1H3;1-2H3. The lowest BCUT2D eigenvalue weighted by molar-refractivity contribution is -0.0504. The monoisotopic (exact) mass is 202 g/mol. The van der Waals surface area contributed by atoms with Gasteiger partial charge in [-0.25, -0.2) is 0 Å². The first kappa shape index (κ1) is 12.9. The Hall–Kier alpha value is -1.12. The molecule has 0 aliphatic heterocycles. The highest BCUT2D eigenvalue weighted by Gasteiger charge is 2.06. The molecule has 0 amide bonds. The number of para-hydroxylation sites is 1. The fraction of sp³-hybridized carbons (Fsp3) is 0.455. The molecule has 0 atom stereocenters. The fourth-order valence-corrected chi connectivity index (χ4v) is 1.01. The van der Waals surface area contributed by atoms with Gasteiger partial charge in [-0.3, -0.25) is 0 Å². The van der Waals surface area contributed by atoms with Gasteiger partial charge in [-0.15, -0.1) is 0 Å². The van der Waals surface area contributed by atoms with Crippen molar-refractivity contribution < 1.29 is 13.5 Å². The SMILES string of the molecule is CC.CCc1ccccc1OC(F)F. The van der Waals surface area contributed by atoms with Crippen LogP contribution >= 0.6 is 0 Å². The van der Waals surface area contributed by atoms with E-state index in [1.807, 2.05) is 20.8 Å². The van der Waals surface area contributed by atoms with Crippen LogP contribution in [0.15, 0.2) is 24.3 Å². The fourth-order valence-electron chi connectivity index (χ4n) is 1.01. The van der Waals surface area contributed by atoms with Gasteiger partial charge in [-0.05, 0) is 18.1 Å². The van der Waals surface area contributed by atoms with Gasteiger partial charge in [-0.1, -0.05) is 39.0 Å². The molecule has 80 valence electrons. The minimum atomic E-state index is -2.74. The van der Waals surface area contributed by atoms with E-state index in [0.717, 1.165) is 5.56 Å². The summed E-state index contributed by atoms with van der Waals surface area (Å²) >= 11 is 0. The predicted molar refractivity (Wildman–Crippen MR) is 53.8 cm³/mol. The third-order valence-electron chi connectivity index (χ3n) is 1.57. The van der Waals surface area contributed by atoms with Gasteiger partial charge < -0.3 is 4.74 Å². The van der Waals surface area contributed by atoms with Gasteiger partial charge in [-0.2, -0.15) is 8.78 Å². The van der Waals surface area contributed by atoms with Crippen molar-refractivity contribution in [2.75, 3.05) is 0 Å². The van der Waals surface area contributed by atoms with Gasteiger partial charge >= 0.3 is 6.61 Å². The molecule has 0 heterocycles. The second kappa shape index (κ2) is 7.30. The van der Waals surface area contributed by atoms with Crippen LogP contribution in [0.3, 0.4) is 0 Å². The first-order chi connectivity index (χ1) is 6.74.